The number of benzene rings is 1. The third-order valence-electron chi connectivity index (χ3n) is 4.09. The third kappa shape index (κ3) is 3.51. The summed E-state index contributed by atoms with van der Waals surface area (Å²) >= 11 is 6.27. The molecule has 0 aromatic heterocycles. The molecule has 1 heterocycles. The molecule has 0 amide bonds. The molecule has 2 atom stereocenters. The van der Waals surface area contributed by atoms with E-state index in [1.54, 1.807) is 12.1 Å². The van der Waals surface area contributed by atoms with Gasteiger partial charge in [0, 0.05) is 29.2 Å². The van der Waals surface area contributed by atoms with Crippen molar-refractivity contribution in [3.8, 4) is 0 Å². The molecule has 0 spiro atoms. The number of piperidine rings is 1. The lowest BCUT2D eigenvalue weighted by Crippen LogP contribution is -2.42. The summed E-state index contributed by atoms with van der Waals surface area (Å²) in [6, 6.07) is 5.47. The molecule has 20 heavy (non-hydrogen) atoms. The Morgan fingerprint density at radius 1 is 1.45 bits per heavy atom. The summed E-state index contributed by atoms with van der Waals surface area (Å²) in [4.78, 5) is 2.24. The second-order valence-corrected chi connectivity index (χ2v) is 6.43. The first-order valence-electron chi connectivity index (χ1n) is 7.38. The van der Waals surface area contributed by atoms with Crippen LogP contribution in [-0.2, 0) is 0 Å². The first-order chi connectivity index (χ1) is 9.50. The summed E-state index contributed by atoms with van der Waals surface area (Å²) in [5.41, 5.74) is 0.659. The van der Waals surface area contributed by atoms with Gasteiger partial charge in [0.1, 0.15) is 5.82 Å². The average molecular weight is 299 g/mol. The van der Waals surface area contributed by atoms with Crippen molar-refractivity contribution in [1.29, 1.82) is 0 Å². The van der Waals surface area contributed by atoms with Crippen molar-refractivity contribution in [3.63, 3.8) is 0 Å². The predicted octanol–water partition coefficient (Wildman–Crippen LogP) is 3.86. The molecular formula is C16H24ClFN2. The largest absolute Gasteiger partial charge is 0.314 e. The molecule has 1 aliphatic rings. The van der Waals surface area contributed by atoms with E-state index in [9.17, 15) is 4.39 Å². The highest BCUT2D eigenvalue weighted by Gasteiger charge is 2.33. The van der Waals surface area contributed by atoms with Crippen LogP contribution < -0.4 is 5.32 Å². The maximum absolute atomic E-state index is 14.2. The van der Waals surface area contributed by atoms with Crippen LogP contribution >= 0.6 is 11.6 Å². The van der Waals surface area contributed by atoms with Crippen LogP contribution in [0.2, 0.25) is 5.02 Å². The Morgan fingerprint density at radius 2 is 2.20 bits per heavy atom. The number of rotatable bonds is 4. The van der Waals surface area contributed by atoms with E-state index >= 15 is 0 Å². The van der Waals surface area contributed by atoms with Crippen molar-refractivity contribution in [1.82, 2.24) is 10.2 Å². The highest BCUT2D eigenvalue weighted by atomic mass is 35.5. The van der Waals surface area contributed by atoms with Gasteiger partial charge in [-0.05, 0) is 44.5 Å². The smallest absolute Gasteiger partial charge is 0.129 e. The highest BCUT2D eigenvalue weighted by Crippen LogP contribution is 2.39. The van der Waals surface area contributed by atoms with Gasteiger partial charge in [0.15, 0.2) is 0 Å². The number of halogens is 2. The van der Waals surface area contributed by atoms with E-state index in [0.717, 1.165) is 25.9 Å². The molecule has 1 fully saturated rings. The summed E-state index contributed by atoms with van der Waals surface area (Å²) in [6.45, 7) is 6.17. The number of nitrogens with zero attached hydrogens (tertiary/aromatic N) is 1. The maximum Gasteiger partial charge on any atom is 0.129 e. The van der Waals surface area contributed by atoms with E-state index in [1.165, 1.54) is 6.07 Å². The molecule has 0 radical (unpaired) electrons. The molecule has 4 heteroatoms. The quantitative estimate of drug-likeness (QED) is 0.908. The lowest BCUT2D eigenvalue weighted by Gasteiger charge is -2.40. The highest BCUT2D eigenvalue weighted by molar-refractivity contribution is 6.31. The van der Waals surface area contributed by atoms with Crippen LogP contribution in [-0.4, -0.2) is 31.1 Å². The fraction of sp³-hybridized carbons (Fsp3) is 0.625. The first-order valence-corrected chi connectivity index (χ1v) is 7.76. The van der Waals surface area contributed by atoms with Crippen LogP contribution in [0.15, 0.2) is 18.2 Å². The number of hydrogen-bond donors (Lipinski definition) is 1. The fourth-order valence-corrected chi connectivity index (χ4v) is 3.38. The van der Waals surface area contributed by atoms with Crippen LogP contribution in [0.3, 0.4) is 0 Å². The van der Waals surface area contributed by atoms with Gasteiger partial charge in [-0.15, -0.1) is 0 Å². The molecular weight excluding hydrogens is 275 g/mol. The summed E-state index contributed by atoms with van der Waals surface area (Å²) in [5.74, 6) is 0.205. The number of nitrogens with one attached hydrogen (secondary N) is 1. The minimum atomic E-state index is -0.189. The van der Waals surface area contributed by atoms with Crippen LogP contribution in [0.1, 0.15) is 38.3 Å². The molecule has 2 rings (SSSR count). The van der Waals surface area contributed by atoms with E-state index in [4.69, 9.17) is 11.6 Å². The Hall–Kier alpha value is -0.640. The topological polar surface area (TPSA) is 15.3 Å². The van der Waals surface area contributed by atoms with Crippen LogP contribution in [0, 0.1) is 11.7 Å². The minimum Gasteiger partial charge on any atom is -0.314 e. The zero-order chi connectivity index (χ0) is 14.7. The van der Waals surface area contributed by atoms with Gasteiger partial charge in [0.25, 0.3) is 0 Å². The fourth-order valence-electron chi connectivity index (χ4n) is 3.11. The van der Waals surface area contributed by atoms with Gasteiger partial charge in [-0.3, -0.25) is 4.90 Å². The van der Waals surface area contributed by atoms with E-state index < -0.39 is 0 Å². The van der Waals surface area contributed by atoms with Crippen molar-refractivity contribution in [3.05, 3.63) is 34.6 Å². The second-order valence-electron chi connectivity index (χ2n) is 6.03. The standard InChI is InChI=1S/C16H24ClFN2/c1-11(2)19-10-12-6-5-9-20(3)16(12)15-13(17)7-4-8-14(15)18/h4,7-8,11-12,16,19H,5-6,9-10H2,1-3H3. The Labute approximate surface area is 126 Å². The SMILES string of the molecule is CC(C)NCC1CCCN(C)C1c1c(F)cccc1Cl. The van der Waals surface area contributed by atoms with Gasteiger partial charge < -0.3 is 5.32 Å². The lowest BCUT2D eigenvalue weighted by molar-refractivity contribution is 0.115. The van der Waals surface area contributed by atoms with Crippen LogP contribution in [0.25, 0.3) is 0 Å². The number of likely N-dealkylation sites (tertiary alicyclic amines) is 1. The molecule has 2 nitrogen and oxygen atoms in total. The Balaban J connectivity index is 2.27. The number of hydrogen-bond acceptors (Lipinski definition) is 2. The molecule has 1 aromatic carbocycles. The van der Waals surface area contributed by atoms with Gasteiger partial charge >= 0.3 is 0 Å². The van der Waals surface area contributed by atoms with E-state index in [-0.39, 0.29) is 11.9 Å². The molecule has 1 aliphatic heterocycles. The van der Waals surface area contributed by atoms with Crippen molar-refractivity contribution < 1.29 is 4.39 Å². The van der Waals surface area contributed by atoms with Crippen LogP contribution in [0.5, 0.6) is 0 Å². The lowest BCUT2D eigenvalue weighted by atomic mass is 9.84. The second kappa shape index (κ2) is 6.88. The Kier molecular flexibility index (Phi) is 5.42. The van der Waals surface area contributed by atoms with Gasteiger partial charge in [0.05, 0.1) is 0 Å². The van der Waals surface area contributed by atoms with Gasteiger partial charge in [0.2, 0.25) is 0 Å². The zero-order valence-corrected chi connectivity index (χ0v) is 13.3. The maximum atomic E-state index is 14.2. The normalized spacial score (nSPS) is 24.3. The van der Waals surface area contributed by atoms with Crippen molar-refractivity contribution in [2.24, 2.45) is 5.92 Å². The molecule has 0 bridgehead atoms. The minimum absolute atomic E-state index is 0.0590. The molecule has 1 saturated heterocycles. The summed E-state index contributed by atoms with van der Waals surface area (Å²) in [5, 5.41) is 4.02. The van der Waals surface area contributed by atoms with E-state index in [2.05, 4.69) is 31.1 Å². The average Bonchev–Trinajstić information content (AvgIpc) is 2.38. The van der Waals surface area contributed by atoms with E-state index in [0.29, 0.717) is 22.5 Å². The molecule has 2 unspecified atom stereocenters. The third-order valence-corrected chi connectivity index (χ3v) is 4.42. The molecule has 0 saturated carbocycles. The van der Waals surface area contributed by atoms with E-state index in [1.807, 2.05) is 0 Å². The first kappa shape index (κ1) is 15.7. The van der Waals surface area contributed by atoms with Crippen molar-refractivity contribution in [2.75, 3.05) is 20.1 Å². The predicted molar refractivity (Wildman–Crippen MR) is 82.6 cm³/mol. The van der Waals surface area contributed by atoms with Crippen LogP contribution in [0.4, 0.5) is 4.39 Å². The Bertz CT molecular complexity index is 430. The van der Waals surface area contributed by atoms with Crippen molar-refractivity contribution >= 4 is 11.6 Å². The monoisotopic (exact) mass is 298 g/mol. The molecule has 0 aliphatic carbocycles. The molecule has 1 N–H and O–H groups in total. The van der Waals surface area contributed by atoms with Gasteiger partial charge in [-0.2, -0.15) is 0 Å². The zero-order valence-electron chi connectivity index (χ0n) is 12.5. The molecule has 1 aromatic rings. The van der Waals surface area contributed by atoms with Gasteiger partial charge in [-0.1, -0.05) is 31.5 Å². The summed E-state index contributed by atoms with van der Waals surface area (Å²) in [7, 11) is 2.06. The Morgan fingerprint density at radius 3 is 2.85 bits per heavy atom. The summed E-state index contributed by atoms with van der Waals surface area (Å²) in [6.07, 6.45) is 2.27. The molecule has 112 valence electrons. The summed E-state index contributed by atoms with van der Waals surface area (Å²) < 4.78 is 14.2. The van der Waals surface area contributed by atoms with Gasteiger partial charge in [-0.25, -0.2) is 4.39 Å². The van der Waals surface area contributed by atoms with Crippen molar-refractivity contribution in [2.45, 2.75) is 38.8 Å².